The smallest absolute Gasteiger partial charge is 0.259 e. The van der Waals surface area contributed by atoms with Crippen molar-refractivity contribution in [2.24, 2.45) is 0 Å². The molecule has 3 aliphatic heterocycles. The molecule has 2 atom stereocenters. The quantitative estimate of drug-likeness (QED) is 0.0245. The second-order valence-corrected chi connectivity index (χ2v) is 19.6. The molecule has 2 saturated heterocycles. The minimum atomic E-state index is -0.571. The van der Waals surface area contributed by atoms with Gasteiger partial charge in [0.15, 0.2) is 29.8 Å². The lowest BCUT2D eigenvalue weighted by molar-refractivity contribution is -0.176. The van der Waals surface area contributed by atoms with Crippen molar-refractivity contribution in [3.8, 4) is 16.2 Å². The third kappa shape index (κ3) is 12.9. The number of aldehydes is 2. The number of nitrogens with zero attached hydrogens (tertiary/aromatic N) is 6. The number of nitrogens with one attached hydrogen (secondary N) is 2. The number of allylic oxidation sites excluding steroid dienone is 1. The van der Waals surface area contributed by atoms with Crippen molar-refractivity contribution >= 4 is 80.9 Å². The van der Waals surface area contributed by atoms with Gasteiger partial charge in [0, 0.05) is 87.6 Å². The normalized spacial score (nSPS) is 16.3. The lowest BCUT2D eigenvalue weighted by Crippen LogP contribution is -2.50. The van der Waals surface area contributed by atoms with Gasteiger partial charge in [-0.05, 0) is 118 Å². The zero-order valence-electron chi connectivity index (χ0n) is 42.7. The van der Waals surface area contributed by atoms with Crippen molar-refractivity contribution in [3.63, 3.8) is 0 Å². The van der Waals surface area contributed by atoms with Gasteiger partial charge < -0.3 is 35.4 Å². The van der Waals surface area contributed by atoms with Crippen LogP contribution < -0.4 is 25.2 Å². The van der Waals surface area contributed by atoms with Crippen LogP contribution in [0.5, 0.6) is 5.75 Å². The third-order valence-corrected chi connectivity index (χ3v) is 15.2. The molecule has 73 heavy (non-hydrogen) atoms. The molecule has 2 amide bonds. The van der Waals surface area contributed by atoms with E-state index in [9.17, 15) is 19.2 Å². The first kappa shape index (κ1) is 57.6. The first-order valence-corrected chi connectivity index (χ1v) is 25.4. The van der Waals surface area contributed by atoms with E-state index in [1.165, 1.54) is 22.5 Å². The van der Waals surface area contributed by atoms with Crippen LogP contribution in [-0.4, -0.2) is 137 Å². The summed E-state index contributed by atoms with van der Waals surface area (Å²) in [5.41, 5.74) is 6.92. The van der Waals surface area contributed by atoms with Crippen LogP contribution in [0.3, 0.4) is 0 Å². The predicted octanol–water partition coefficient (Wildman–Crippen LogP) is 8.85. The van der Waals surface area contributed by atoms with Crippen molar-refractivity contribution in [2.75, 3.05) is 69.7 Å². The molecule has 0 bridgehead atoms. The van der Waals surface area contributed by atoms with Crippen LogP contribution in [0, 0.1) is 0 Å². The molecule has 6 aromatic rings. The number of benzene rings is 3. The van der Waals surface area contributed by atoms with Gasteiger partial charge in [0.2, 0.25) is 5.91 Å². The number of hydrogen-bond acceptors (Lipinski definition) is 15. The molecular weight excluding hydrogens is 972 g/mol. The monoisotopic (exact) mass is 1040 g/mol. The largest absolute Gasteiger partial charge is 0.483 e. The lowest BCUT2D eigenvalue weighted by Gasteiger charge is -2.44. The maximum absolute atomic E-state index is 13.6. The molecule has 3 aromatic heterocycles. The summed E-state index contributed by atoms with van der Waals surface area (Å²) in [7, 11) is 5.79. The number of hydrogen-bond donors (Lipinski definition) is 6. The molecule has 19 heteroatoms. The Kier molecular flexibility index (Phi) is 21.4. The Morgan fingerprint density at radius 3 is 2.41 bits per heavy atom. The molecular formula is C54H69ClN8O9S. The Labute approximate surface area is 436 Å². The van der Waals surface area contributed by atoms with E-state index in [1.807, 2.05) is 53.2 Å². The fourth-order valence-corrected chi connectivity index (χ4v) is 11.1. The second-order valence-electron chi connectivity index (χ2n) is 18.1. The molecule has 6 N–H and O–H groups in total. The predicted molar refractivity (Wildman–Crippen MR) is 291 cm³/mol. The van der Waals surface area contributed by atoms with Gasteiger partial charge in [-0.2, -0.15) is 0 Å². The molecule has 2 unspecified atom stereocenters. The minimum absolute atomic E-state index is 0.105. The summed E-state index contributed by atoms with van der Waals surface area (Å²) in [4.78, 5) is 60.5. The number of fused-ring (bicyclic) bond motifs is 1. The standard InChI is InChI=1S/C31H34N6O2.C21H25ClN2O3S.2CH4O.H2O2/c1-4-6-10-26(30(38)32-3)37-25-12-11-22(23-8-7-9-24(29(23)25)31(37)39)21-13-15-35(16-14-21)28-17-27-33-18-20(5-2)19-36(27)34-28;1-21(2)12-16(7-8-24(21)3)23-15-6-4-5-14(11-15)20-18(22)19(27-10-9-25)17(13-26)28-20;3*1-2/h4,7-9,11-12,17-19,21,26H,1,5-6,10,13-16H2,2-3H3,(H,32,38);4-6,9,11,13,16,23H,7-8,10,12H2,1-3H3;2*2H,1H3;1-2H. The zero-order valence-corrected chi connectivity index (χ0v) is 44.2. The van der Waals surface area contributed by atoms with Gasteiger partial charge >= 0.3 is 0 Å². The van der Waals surface area contributed by atoms with E-state index < -0.39 is 6.04 Å². The summed E-state index contributed by atoms with van der Waals surface area (Å²) in [6.07, 6.45) is 13.4. The summed E-state index contributed by atoms with van der Waals surface area (Å²) in [6.45, 7) is 13.2. The van der Waals surface area contributed by atoms with Gasteiger partial charge in [0.05, 0.1) is 10.6 Å². The number of rotatable bonds is 15. The van der Waals surface area contributed by atoms with Gasteiger partial charge in [-0.1, -0.05) is 54.9 Å². The third-order valence-electron chi connectivity index (χ3n) is 13.6. The molecule has 9 rings (SSSR count). The van der Waals surface area contributed by atoms with Gasteiger partial charge in [-0.25, -0.2) is 9.50 Å². The SMILES string of the molecule is C=CCCC(C(=O)NC)N1C(=O)c2cccc3c(C4CCN(c5cc6ncc(CC)cn6n5)CC4)ccc1c23.CN1CCC(Nc2cccc(-c3sc(C=O)c(OCC=O)c3Cl)c2)CC1(C)C.CO.CO.OO. The zero-order chi connectivity index (χ0) is 53.4. The van der Waals surface area contributed by atoms with Crippen LogP contribution in [0.2, 0.25) is 5.02 Å². The highest BCUT2D eigenvalue weighted by Gasteiger charge is 2.39. The molecule has 2 fully saturated rings. The summed E-state index contributed by atoms with van der Waals surface area (Å²) in [5.74, 6) is 1.37. The number of aliphatic hydroxyl groups excluding tert-OH is 2. The van der Waals surface area contributed by atoms with Gasteiger partial charge in [-0.3, -0.25) is 34.6 Å². The van der Waals surface area contributed by atoms with Gasteiger partial charge in [0.1, 0.15) is 22.5 Å². The van der Waals surface area contributed by atoms with Crippen LogP contribution in [0.1, 0.15) is 96.4 Å². The molecule has 0 radical (unpaired) electrons. The highest BCUT2D eigenvalue weighted by atomic mass is 35.5. The van der Waals surface area contributed by atoms with Crippen molar-refractivity contribution in [1.29, 1.82) is 0 Å². The topological polar surface area (TPSA) is 222 Å². The second kappa shape index (κ2) is 27.2. The molecule has 17 nitrogen and oxygen atoms in total. The van der Waals surface area contributed by atoms with E-state index in [0.717, 1.165) is 110 Å². The number of anilines is 3. The number of carbonyl (C=O) groups is 4. The first-order chi connectivity index (χ1) is 35.4. The maximum atomic E-state index is 13.6. The lowest BCUT2D eigenvalue weighted by atomic mass is 9.85. The Hall–Kier alpha value is -6.25. The summed E-state index contributed by atoms with van der Waals surface area (Å²) < 4.78 is 7.24. The van der Waals surface area contributed by atoms with Crippen molar-refractivity contribution in [1.82, 2.24) is 24.8 Å². The summed E-state index contributed by atoms with van der Waals surface area (Å²) >= 11 is 7.73. The number of likely N-dealkylation sites (tertiary alicyclic amines) is 1. The van der Waals surface area contributed by atoms with Crippen molar-refractivity contribution in [3.05, 3.63) is 112 Å². The number of aryl methyl sites for hydroxylation is 1. The van der Waals surface area contributed by atoms with Crippen LogP contribution in [-0.2, 0) is 16.0 Å². The number of ether oxygens (including phenoxy) is 1. The van der Waals surface area contributed by atoms with E-state index in [4.69, 9.17) is 42.2 Å². The fraction of sp³-hybridized carbons (Fsp3) is 0.407. The van der Waals surface area contributed by atoms with E-state index in [-0.39, 0.29) is 29.7 Å². The number of thiophene rings is 1. The number of halogens is 1. The number of amides is 2. The Morgan fingerprint density at radius 2 is 1.75 bits per heavy atom. The van der Waals surface area contributed by atoms with E-state index >= 15 is 0 Å². The van der Waals surface area contributed by atoms with E-state index in [2.05, 4.69) is 84.2 Å². The Balaban J connectivity index is 0.000000257. The first-order valence-electron chi connectivity index (χ1n) is 24.2. The number of likely N-dealkylation sites (N-methyl/N-ethyl adjacent to an activating group) is 1. The molecule has 0 aliphatic carbocycles. The van der Waals surface area contributed by atoms with Crippen LogP contribution in [0.25, 0.3) is 26.9 Å². The number of aromatic nitrogens is 3. The highest BCUT2D eigenvalue weighted by Crippen LogP contribution is 2.46. The number of piperidine rings is 2. The molecule has 3 aliphatic rings. The van der Waals surface area contributed by atoms with Crippen LogP contribution in [0.15, 0.2) is 85.7 Å². The van der Waals surface area contributed by atoms with Gasteiger partial charge in [-0.15, -0.1) is 23.0 Å². The van der Waals surface area contributed by atoms with E-state index in [1.54, 1.807) is 18.0 Å². The van der Waals surface area contributed by atoms with Gasteiger partial charge in [0.25, 0.3) is 5.91 Å². The summed E-state index contributed by atoms with van der Waals surface area (Å²) in [6, 6.07) is 20.1. The maximum Gasteiger partial charge on any atom is 0.259 e. The average Bonchev–Trinajstić information content (AvgIpc) is 4.09. The minimum Gasteiger partial charge on any atom is -0.483 e. The van der Waals surface area contributed by atoms with Crippen LogP contribution >= 0.6 is 22.9 Å². The molecule has 392 valence electrons. The van der Waals surface area contributed by atoms with Crippen LogP contribution in [0.4, 0.5) is 17.2 Å². The average molecular weight is 1040 g/mol. The molecule has 6 heterocycles. The number of carbonyl (C=O) groups excluding carboxylic acids is 4. The molecule has 0 spiro atoms. The fourth-order valence-electron chi connectivity index (χ4n) is 9.72. The molecule has 0 saturated carbocycles. The Bertz CT molecular complexity index is 2830. The Morgan fingerprint density at radius 1 is 1.03 bits per heavy atom. The van der Waals surface area contributed by atoms with Crippen molar-refractivity contribution < 1.29 is 44.6 Å². The number of aliphatic hydroxyl groups is 2. The molecule has 3 aromatic carbocycles. The van der Waals surface area contributed by atoms with Crippen molar-refractivity contribution in [2.45, 2.75) is 89.3 Å². The highest BCUT2D eigenvalue weighted by molar-refractivity contribution is 7.18. The van der Waals surface area contributed by atoms with E-state index in [0.29, 0.717) is 52.8 Å². The summed E-state index contributed by atoms with van der Waals surface area (Å²) in [5, 5.41) is 39.6.